The van der Waals surface area contributed by atoms with Crippen LogP contribution in [0.1, 0.15) is 5.56 Å². The number of carbonyl (C=O) groups is 1. The highest BCUT2D eigenvalue weighted by molar-refractivity contribution is 5.70. The van der Waals surface area contributed by atoms with Crippen LogP contribution in [0.4, 0.5) is 0 Å². The second-order valence-electron chi connectivity index (χ2n) is 4.90. The van der Waals surface area contributed by atoms with E-state index in [2.05, 4.69) is 0 Å². The van der Waals surface area contributed by atoms with Crippen molar-refractivity contribution < 1.29 is 26.4 Å². The van der Waals surface area contributed by atoms with Crippen LogP contribution in [0.2, 0.25) is 0 Å². The molecule has 0 aliphatic rings. The Morgan fingerprint density at radius 3 is 2.29 bits per heavy atom. The molecule has 0 radical (unpaired) electrons. The third-order valence-corrected chi connectivity index (χ3v) is 2.10. The zero-order valence-corrected chi connectivity index (χ0v) is 11.4. The SMILES string of the molecule is C[N+](C)(C)CC(=O)OCCc1ccccc1.[Cl-]. The van der Waals surface area contributed by atoms with E-state index in [1.165, 1.54) is 5.56 Å². The van der Waals surface area contributed by atoms with Crippen molar-refractivity contribution in [3.05, 3.63) is 35.9 Å². The monoisotopic (exact) mass is 257 g/mol. The number of hydrogen-bond donors (Lipinski definition) is 0. The van der Waals surface area contributed by atoms with Crippen molar-refractivity contribution in [2.45, 2.75) is 6.42 Å². The second-order valence-corrected chi connectivity index (χ2v) is 4.90. The molecule has 0 amide bonds. The first-order valence-corrected chi connectivity index (χ1v) is 5.47. The fourth-order valence-electron chi connectivity index (χ4n) is 1.36. The lowest BCUT2D eigenvalue weighted by molar-refractivity contribution is -0.862. The van der Waals surface area contributed by atoms with E-state index in [0.29, 0.717) is 17.6 Å². The summed E-state index contributed by atoms with van der Waals surface area (Å²) in [6.07, 6.45) is 0.781. The number of ether oxygens (including phenoxy) is 1. The first kappa shape index (κ1) is 15.9. The van der Waals surface area contributed by atoms with E-state index in [1.807, 2.05) is 51.5 Å². The Morgan fingerprint density at radius 2 is 1.76 bits per heavy atom. The minimum atomic E-state index is -0.136. The molecule has 17 heavy (non-hydrogen) atoms. The van der Waals surface area contributed by atoms with Gasteiger partial charge in [0.1, 0.15) is 0 Å². The lowest BCUT2D eigenvalue weighted by Crippen LogP contribution is -3.00. The lowest BCUT2D eigenvalue weighted by Gasteiger charge is -2.22. The van der Waals surface area contributed by atoms with Crippen molar-refractivity contribution >= 4 is 5.97 Å². The maximum absolute atomic E-state index is 11.4. The number of likely N-dealkylation sites (N-methyl/N-ethyl adjacent to an activating group) is 1. The summed E-state index contributed by atoms with van der Waals surface area (Å²) in [6.45, 7) is 0.873. The highest BCUT2D eigenvalue weighted by Gasteiger charge is 2.14. The minimum absolute atomic E-state index is 0. The van der Waals surface area contributed by atoms with Gasteiger partial charge in [0.15, 0.2) is 6.54 Å². The van der Waals surface area contributed by atoms with Crippen molar-refractivity contribution in [1.29, 1.82) is 0 Å². The fourth-order valence-corrected chi connectivity index (χ4v) is 1.36. The van der Waals surface area contributed by atoms with Crippen molar-refractivity contribution in [3.63, 3.8) is 0 Å². The highest BCUT2D eigenvalue weighted by atomic mass is 35.5. The van der Waals surface area contributed by atoms with E-state index in [-0.39, 0.29) is 18.4 Å². The highest BCUT2D eigenvalue weighted by Crippen LogP contribution is 2.00. The van der Waals surface area contributed by atoms with Crippen LogP contribution in [-0.4, -0.2) is 44.7 Å². The van der Waals surface area contributed by atoms with Crippen LogP contribution in [0.3, 0.4) is 0 Å². The molecule has 0 fully saturated rings. The molecule has 0 saturated carbocycles. The minimum Gasteiger partial charge on any atom is -1.00 e. The summed E-state index contributed by atoms with van der Waals surface area (Å²) < 4.78 is 5.77. The van der Waals surface area contributed by atoms with Gasteiger partial charge in [0.05, 0.1) is 27.7 Å². The number of quaternary nitrogens is 1. The zero-order chi connectivity index (χ0) is 12.0. The average Bonchev–Trinajstić information content (AvgIpc) is 2.16. The van der Waals surface area contributed by atoms with Gasteiger partial charge in [-0.3, -0.25) is 0 Å². The van der Waals surface area contributed by atoms with Crippen LogP contribution in [0.5, 0.6) is 0 Å². The molecule has 1 aromatic carbocycles. The van der Waals surface area contributed by atoms with Crippen molar-refractivity contribution in [3.8, 4) is 0 Å². The van der Waals surface area contributed by atoms with Crippen molar-refractivity contribution in [2.24, 2.45) is 0 Å². The summed E-state index contributed by atoms with van der Waals surface area (Å²) >= 11 is 0. The van der Waals surface area contributed by atoms with Crippen molar-refractivity contribution in [1.82, 2.24) is 0 Å². The lowest BCUT2D eigenvalue weighted by atomic mass is 10.2. The van der Waals surface area contributed by atoms with E-state index in [9.17, 15) is 4.79 Å². The first-order chi connectivity index (χ1) is 7.47. The third-order valence-electron chi connectivity index (χ3n) is 2.10. The largest absolute Gasteiger partial charge is 1.00 e. The van der Waals surface area contributed by atoms with Crippen LogP contribution < -0.4 is 12.4 Å². The Morgan fingerprint density at radius 1 is 1.18 bits per heavy atom. The van der Waals surface area contributed by atoms with Gasteiger partial charge >= 0.3 is 5.97 Å². The number of halogens is 1. The molecular weight excluding hydrogens is 238 g/mol. The molecule has 0 saturated heterocycles. The molecule has 3 nitrogen and oxygen atoms in total. The molecule has 0 N–H and O–H groups in total. The van der Waals surface area contributed by atoms with Gasteiger partial charge in [-0.25, -0.2) is 4.79 Å². The van der Waals surface area contributed by atoms with E-state index in [1.54, 1.807) is 0 Å². The Hall–Kier alpha value is -1.06. The first-order valence-electron chi connectivity index (χ1n) is 5.47. The molecule has 0 aromatic heterocycles. The van der Waals surface area contributed by atoms with Gasteiger partial charge in [-0.15, -0.1) is 0 Å². The number of hydrogen-bond acceptors (Lipinski definition) is 2. The van der Waals surface area contributed by atoms with Gasteiger partial charge in [0, 0.05) is 6.42 Å². The summed E-state index contributed by atoms with van der Waals surface area (Å²) in [5.41, 5.74) is 1.19. The van der Waals surface area contributed by atoms with Crippen LogP contribution in [0, 0.1) is 0 Å². The normalized spacial score (nSPS) is 10.5. The molecule has 0 atom stereocenters. The second kappa shape index (κ2) is 7.30. The summed E-state index contributed by atoms with van der Waals surface area (Å²) in [5.74, 6) is -0.136. The van der Waals surface area contributed by atoms with Gasteiger partial charge in [-0.1, -0.05) is 30.3 Å². The molecule has 0 unspecified atom stereocenters. The fraction of sp³-hybridized carbons (Fsp3) is 0.462. The Bertz CT molecular complexity index is 333. The molecule has 0 heterocycles. The Balaban J connectivity index is 0.00000256. The molecule has 1 rings (SSSR count). The maximum atomic E-state index is 11.4. The number of esters is 1. The summed E-state index contributed by atoms with van der Waals surface area (Å²) in [6, 6.07) is 10.0. The van der Waals surface area contributed by atoms with Crippen LogP contribution >= 0.6 is 0 Å². The number of carbonyl (C=O) groups excluding carboxylic acids is 1. The van der Waals surface area contributed by atoms with Gasteiger partial charge in [0.25, 0.3) is 0 Å². The van der Waals surface area contributed by atoms with Gasteiger partial charge in [-0.05, 0) is 5.56 Å². The molecule has 4 heteroatoms. The summed E-state index contributed by atoms with van der Waals surface area (Å²) in [7, 11) is 5.91. The van der Waals surface area contributed by atoms with Crippen LogP contribution in [-0.2, 0) is 16.0 Å². The molecule has 1 aromatic rings. The molecule has 0 bridgehead atoms. The number of rotatable bonds is 5. The Labute approximate surface area is 109 Å². The van der Waals surface area contributed by atoms with Crippen molar-refractivity contribution in [2.75, 3.05) is 34.3 Å². The summed E-state index contributed by atoms with van der Waals surface area (Å²) in [5, 5.41) is 0. The predicted octanol–water partition coefficient (Wildman–Crippen LogP) is -1.52. The zero-order valence-electron chi connectivity index (χ0n) is 10.6. The predicted molar refractivity (Wildman–Crippen MR) is 64.0 cm³/mol. The van der Waals surface area contributed by atoms with E-state index in [0.717, 1.165) is 6.42 Å². The number of nitrogens with zero attached hydrogens (tertiary/aromatic N) is 1. The molecule has 96 valence electrons. The average molecular weight is 258 g/mol. The van der Waals surface area contributed by atoms with E-state index < -0.39 is 0 Å². The smallest absolute Gasteiger partial charge is 0.361 e. The van der Waals surface area contributed by atoms with Gasteiger partial charge < -0.3 is 21.6 Å². The van der Waals surface area contributed by atoms with Gasteiger partial charge in [0.2, 0.25) is 0 Å². The summed E-state index contributed by atoms with van der Waals surface area (Å²) in [4.78, 5) is 11.4. The van der Waals surface area contributed by atoms with E-state index >= 15 is 0 Å². The molecule has 0 spiro atoms. The van der Waals surface area contributed by atoms with E-state index in [4.69, 9.17) is 4.74 Å². The van der Waals surface area contributed by atoms with Gasteiger partial charge in [-0.2, -0.15) is 0 Å². The topological polar surface area (TPSA) is 26.3 Å². The third kappa shape index (κ3) is 7.77. The molecule has 0 aliphatic carbocycles. The van der Waals surface area contributed by atoms with Crippen LogP contribution in [0.25, 0.3) is 0 Å². The quantitative estimate of drug-likeness (QED) is 0.473. The maximum Gasteiger partial charge on any atom is 0.361 e. The van der Waals surface area contributed by atoms with Crippen LogP contribution in [0.15, 0.2) is 30.3 Å². The standard InChI is InChI=1S/C13H20NO2.ClH/c1-14(2,3)11-13(15)16-10-9-12-7-5-4-6-8-12;/h4-8H,9-11H2,1-3H3;1H/q+1;/p-1. The number of benzene rings is 1. The molecule has 0 aliphatic heterocycles. The molecular formula is C13H20ClNO2. The Kier molecular flexibility index (Phi) is 6.85.